The highest BCUT2D eigenvalue weighted by Crippen LogP contribution is 2.19. The van der Waals surface area contributed by atoms with Crippen LogP contribution in [0, 0.1) is 12.8 Å². The highest BCUT2D eigenvalue weighted by molar-refractivity contribution is 7.99. The molecule has 100 valence electrons. The fourth-order valence-corrected chi connectivity index (χ4v) is 2.89. The molecule has 6 nitrogen and oxygen atoms in total. The van der Waals surface area contributed by atoms with Crippen molar-refractivity contribution in [1.82, 2.24) is 19.8 Å². The van der Waals surface area contributed by atoms with Gasteiger partial charge in [0.15, 0.2) is 0 Å². The van der Waals surface area contributed by atoms with E-state index in [1.807, 2.05) is 4.90 Å². The first-order valence-electron chi connectivity index (χ1n) is 6.15. The van der Waals surface area contributed by atoms with Crippen LogP contribution in [0.15, 0.2) is 5.16 Å². The summed E-state index contributed by atoms with van der Waals surface area (Å²) in [5, 5.41) is 8.38. The molecule has 2 N–H and O–H groups in total. The molecule has 2 rings (SSSR count). The molecule has 1 fully saturated rings. The summed E-state index contributed by atoms with van der Waals surface area (Å²) in [7, 11) is 0. The number of nitrogens with two attached hydrogens (primary N) is 1. The Balaban J connectivity index is 1.86. The van der Waals surface area contributed by atoms with Gasteiger partial charge in [0.25, 0.3) is 0 Å². The van der Waals surface area contributed by atoms with Crippen molar-refractivity contribution in [3.8, 4) is 0 Å². The maximum Gasteiger partial charge on any atom is 0.233 e. The minimum Gasteiger partial charge on any atom is -0.342 e. The number of rotatable bonds is 3. The molecule has 0 aliphatic carbocycles. The summed E-state index contributed by atoms with van der Waals surface area (Å²) in [5.74, 6) is 7.53. The van der Waals surface area contributed by atoms with Gasteiger partial charge >= 0.3 is 0 Å². The van der Waals surface area contributed by atoms with Crippen LogP contribution in [0.25, 0.3) is 0 Å². The number of carbonyl (C=O) groups is 1. The first-order chi connectivity index (χ1) is 8.58. The Morgan fingerprint density at radius 2 is 2.33 bits per heavy atom. The predicted molar refractivity (Wildman–Crippen MR) is 70.6 cm³/mol. The number of amides is 1. The summed E-state index contributed by atoms with van der Waals surface area (Å²) in [6.45, 7) is 5.71. The number of hydrogen-bond donors (Lipinski definition) is 1. The lowest BCUT2D eigenvalue weighted by molar-refractivity contribution is -0.130. The molecule has 1 atom stereocenters. The van der Waals surface area contributed by atoms with Gasteiger partial charge in [0, 0.05) is 13.1 Å². The smallest absolute Gasteiger partial charge is 0.233 e. The van der Waals surface area contributed by atoms with E-state index in [0.717, 1.165) is 19.5 Å². The van der Waals surface area contributed by atoms with Crippen molar-refractivity contribution >= 4 is 17.7 Å². The van der Waals surface area contributed by atoms with Gasteiger partial charge in [-0.25, -0.2) is 4.68 Å². The lowest BCUT2D eigenvalue weighted by Crippen LogP contribution is -2.40. The van der Waals surface area contributed by atoms with E-state index >= 15 is 0 Å². The maximum atomic E-state index is 12.0. The Morgan fingerprint density at radius 3 is 2.94 bits per heavy atom. The molecule has 1 amide bonds. The van der Waals surface area contributed by atoms with Gasteiger partial charge in [-0.3, -0.25) is 4.79 Å². The number of carbonyl (C=O) groups excluding carboxylic acids is 1. The average Bonchev–Trinajstić information content (AvgIpc) is 2.67. The molecule has 0 unspecified atom stereocenters. The highest BCUT2D eigenvalue weighted by atomic mass is 32.2. The highest BCUT2D eigenvalue weighted by Gasteiger charge is 2.21. The van der Waals surface area contributed by atoms with Crippen molar-refractivity contribution in [3.05, 3.63) is 5.82 Å². The average molecular weight is 269 g/mol. The SMILES string of the molecule is Cc1nnc(SCC(=O)N2CCC[C@@H](C)C2)n1N. The summed E-state index contributed by atoms with van der Waals surface area (Å²) >= 11 is 1.34. The zero-order chi connectivity index (χ0) is 13.1. The second-order valence-corrected chi connectivity index (χ2v) is 5.72. The van der Waals surface area contributed by atoms with E-state index in [4.69, 9.17) is 5.84 Å². The second kappa shape index (κ2) is 5.60. The van der Waals surface area contributed by atoms with Crippen LogP contribution in [0.2, 0.25) is 0 Å². The Hall–Kier alpha value is -1.24. The van der Waals surface area contributed by atoms with Gasteiger partial charge in [-0.1, -0.05) is 18.7 Å². The van der Waals surface area contributed by atoms with Gasteiger partial charge in [-0.2, -0.15) is 0 Å². The van der Waals surface area contributed by atoms with Gasteiger partial charge in [-0.15, -0.1) is 10.2 Å². The van der Waals surface area contributed by atoms with Crippen molar-refractivity contribution in [2.45, 2.75) is 31.8 Å². The third kappa shape index (κ3) is 2.95. The molecule has 1 aliphatic rings. The summed E-state index contributed by atoms with van der Waals surface area (Å²) in [5.41, 5.74) is 0. The molecule has 0 bridgehead atoms. The molecule has 0 spiro atoms. The maximum absolute atomic E-state index is 12.0. The zero-order valence-electron chi connectivity index (χ0n) is 10.8. The number of likely N-dealkylation sites (tertiary alicyclic amines) is 1. The van der Waals surface area contributed by atoms with E-state index in [1.54, 1.807) is 6.92 Å². The van der Waals surface area contributed by atoms with Crippen molar-refractivity contribution < 1.29 is 4.79 Å². The number of hydrogen-bond acceptors (Lipinski definition) is 5. The van der Waals surface area contributed by atoms with E-state index in [9.17, 15) is 4.79 Å². The van der Waals surface area contributed by atoms with Crippen LogP contribution in [-0.2, 0) is 4.79 Å². The van der Waals surface area contributed by atoms with Crippen LogP contribution >= 0.6 is 11.8 Å². The zero-order valence-corrected chi connectivity index (χ0v) is 11.6. The standard InChI is InChI=1S/C11H19N5OS/c1-8-4-3-5-15(6-8)10(17)7-18-11-14-13-9(2)16(11)12/h8H,3-7,12H2,1-2H3/t8-/m1/s1. The van der Waals surface area contributed by atoms with Gasteiger partial charge < -0.3 is 10.7 Å². The first kappa shape index (κ1) is 13.2. The minimum absolute atomic E-state index is 0.159. The molecule has 1 aliphatic heterocycles. The summed E-state index contributed by atoms with van der Waals surface area (Å²) < 4.78 is 1.41. The van der Waals surface area contributed by atoms with E-state index in [0.29, 0.717) is 22.7 Å². The van der Waals surface area contributed by atoms with Gasteiger partial charge in [0.2, 0.25) is 11.1 Å². The quantitative estimate of drug-likeness (QED) is 0.644. The largest absolute Gasteiger partial charge is 0.342 e. The van der Waals surface area contributed by atoms with E-state index < -0.39 is 0 Å². The van der Waals surface area contributed by atoms with Gasteiger partial charge in [0.05, 0.1) is 5.75 Å². The Labute approximate surface area is 111 Å². The Kier molecular flexibility index (Phi) is 4.11. The lowest BCUT2D eigenvalue weighted by Gasteiger charge is -2.30. The fourth-order valence-electron chi connectivity index (χ4n) is 2.08. The third-order valence-electron chi connectivity index (χ3n) is 3.17. The number of thioether (sulfide) groups is 1. The number of nitrogen functional groups attached to an aromatic ring is 1. The Bertz CT molecular complexity index is 433. The summed E-state index contributed by atoms with van der Waals surface area (Å²) in [6, 6.07) is 0. The van der Waals surface area contributed by atoms with E-state index in [-0.39, 0.29) is 5.91 Å². The van der Waals surface area contributed by atoms with E-state index in [1.165, 1.54) is 22.9 Å². The first-order valence-corrected chi connectivity index (χ1v) is 7.14. The molecule has 7 heteroatoms. The number of aryl methyl sites for hydroxylation is 1. The minimum atomic E-state index is 0.159. The molecular formula is C11H19N5OS. The Morgan fingerprint density at radius 1 is 1.56 bits per heavy atom. The van der Waals surface area contributed by atoms with Crippen LogP contribution in [-0.4, -0.2) is 44.5 Å². The molecule has 0 radical (unpaired) electrons. The van der Waals surface area contributed by atoms with Gasteiger partial charge in [0.1, 0.15) is 5.82 Å². The monoisotopic (exact) mass is 269 g/mol. The lowest BCUT2D eigenvalue weighted by atomic mass is 10.0. The van der Waals surface area contributed by atoms with Crippen LogP contribution in [0.4, 0.5) is 0 Å². The van der Waals surface area contributed by atoms with E-state index in [2.05, 4.69) is 17.1 Å². The van der Waals surface area contributed by atoms with Crippen molar-refractivity contribution in [2.24, 2.45) is 5.92 Å². The van der Waals surface area contributed by atoms with Crippen molar-refractivity contribution in [2.75, 3.05) is 24.7 Å². The molecule has 1 aromatic rings. The molecule has 1 aromatic heterocycles. The topological polar surface area (TPSA) is 77.0 Å². The summed E-state index contributed by atoms with van der Waals surface area (Å²) in [4.78, 5) is 14.0. The molecule has 2 heterocycles. The predicted octanol–water partition coefficient (Wildman–Crippen LogP) is 0.651. The second-order valence-electron chi connectivity index (χ2n) is 4.78. The van der Waals surface area contributed by atoms with Gasteiger partial charge in [-0.05, 0) is 25.7 Å². The van der Waals surface area contributed by atoms with Crippen molar-refractivity contribution in [3.63, 3.8) is 0 Å². The number of piperidine rings is 1. The van der Waals surface area contributed by atoms with Crippen LogP contribution < -0.4 is 5.84 Å². The normalized spacial score (nSPS) is 20.1. The molecular weight excluding hydrogens is 250 g/mol. The summed E-state index contributed by atoms with van der Waals surface area (Å²) in [6.07, 6.45) is 2.32. The van der Waals surface area contributed by atoms with Crippen molar-refractivity contribution in [1.29, 1.82) is 0 Å². The number of nitrogens with zero attached hydrogens (tertiary/aromatic N) is 4. The third-order valence-corrected chi connectivity index (χ3v) is 4.10. The fraction of sp³-hybridized carbons (Fsp3) is 0.727. The van der Waals surface area contributed by atoms with Crippen LogP contribution in [0.3, 0.4) is 0 Å². The van der Waals surface area contributed by atoms with Crippen LogP contribution in [0.5, 0.6) is 0 Å². The number of aromatic nitrogens is 3. The van der Waals surface area contributed by atoms with Crippen LogP contribution in [0.1, 0.15) is 25.6 Å². The molecule has 0 saturated carbocycles. The molecule has 1 saturated heterocycles. The molecule has 0 aromatic carbocycles. The molecule has 18 heavy (non-hydrogen) atoms.